The molecule has 0 aliphatic carbocycles. The van der Waals surface area contributed by atoms with Gasteiger partial charge in [0.2, 0.25) is 0 Å². The molecule has 1 aromatic carbocycles. The summed E-state index contributed by atoms with van der Waals surface area (Å²) in [5.74, 6) is 0. The SMILES string of the molecule is Brc1ccc(Br)c(NCc2csc(-c3ccccn3)n2)c1. The van der Waals surface area contributed by atoms with Gasteiger partial charge in [-0.2, -0.15) is 0 Å². The molecule has 0 atom stereocenters. The number of hydrogen-bond donors (Lipinski definition) is 1. The van der Waals surface area contributed by atoms with Gasteiger partial charge in [0.1, 0.15) is 5.01 Å². The Morgan fingerprint density at radius 2 is 2.05 bits per heavy atom. The van der Waals surface area contributed by atoms with E-state index in [-0.39, 0.29) is 0 Å². The van der Waals surface area contributed by atoms with E-state index in [1.54, 1.807) is 17.5 Å². The zero-order valence-corrected chi connectivity index (χ0v) is 14.9. The highest BCUT2D eigenvalue weighted by atomic mass is 79.9. The third-order valence-electron chi connectivity index (χ3n) is 2.82. The minimum absolute atomic E-state index is 0.679. The summed E-state index contributed by atoms with van der Waals surface area (Å²) in [4.78, 5) is 8.93. The van der Waals surface area contributed by atoms with Gasteiger partial charge in [-0.05, 0) is 46.3 Å². The maximum Gasteiger partial charge on any atom is 0.142 e. The van der Waals surface area contributed by atoms with Crippen LogP contribution in [0, 0.1) is 0 Å². The Bertz CT molecular complexity index is 744. The number of aromatic nitrogens is 2. The molecular weight excluding hydrogens is 414 g/mol. The van der Waals surface area contributed by atoms with Crippen molar-refractivity contribution in [2.75, 3.05) is 5.32 Å². The summed E-state index contributed by atoms with van der Waals surface area (Å²) >= 11 is 8.62. The second-order valence-corrected chi connectivity index (χ2v) is 6.96. The van der Waals surface area contributed by atoms with Crippen LogP contribution in [-0.4, -0.2) is 9.97 Å². The highest BCUT2D eigenvalue weighted by Gasteiger charge is 2.06. The molecule has 3 aromatic rings. The molecule has 0 saturated carbocycles. The van der Waals surface area contributed by atoms with E-state index in [2.05, 4.69) is 52.5 Å². The van der Waals surface area contributed by atoms with Crippen molar-refractivity contribution in [3.05, 3.63) is 62.6 Å². The molecule has 3 nitrogen and oxygen atoms in total. The van der Waals surface area contributed by atoms with Crippen molar-refractivity contribution in [2.24, 2.45) is 0 Å². The van der Waals surface area contributed by atoms with Gasteiger partial charge >= 0.3 is 0 Å². The normalized spacial score (nSPS) is 10.6. The number of hydrogen-bond acceptors (Lipinski definition) is 4. The highest BCUT2D eigenvalue weighted by molar-refractivity contribution is 9.11. The number of anilines is 1. The van der Waals surface area contributed by atoms with E-state index in [4.69, 9.17) is 0 Å². The number of nitrogens with one attached hydrogen (secondary N) is 1. The molecule has 0 spiro atoms. The lowest BCUT2D eigenvalue weighted by Crippen LogP contribution is -2.00. The molecule has 0 amide bonds. The lowest BCUT2D eigenvalue weighted by Gasteiger charge is -2.07. The summed E-state index contributed by atoms with van der Waals surface area (Å²) in [6.07, 6.45) is 1.78. The second-order valence-electron chi connectivity index (χ2n) is 4.34. The number of rotatable bonds is 4. The zero-order chi connectivity index (χ0) is 14.7. The summed E-state index contributed by atoms with van der Waals surface area (Å²) in [5, 5.41) is 6.39. The van der Waals surface area contributed by atoms with Gasteiger partial charge in [-0.3, -0.25) is 4.98 Å². The van der Waals surface area contributed by atoms with Gasteiger partial charge < -0.3 is 5.32 Å². The fourth-order valence-electron chi connectivity index (χ4n) is 1.81. The van der Waals surface area contributed by atoms with Crippen LogP contribution in [0.5, 0.6) is 0 Å². The molecule has 2 aromatic heterocycles. The van der Waals surface area contributed by atoms with E-state index in [9.17, 15) is 0 Å². The molecular formula is C15H11Br2N3S. The van der Waals surface area contributed by atoms with Crippen LogP contribution in [0.4, 0.5) is 5.69 Å². The third-order valence-corrected chi connectivity index (χ3v) is 4.92. The van der Waals surface area contributed by atoms with Crippen molar-refractivity contribution in [2.45, 2.75) is 6.54 Å². The molecule has 0 fully saturated rings. The Morgan fingerprint density at radius 1 is 1.14 bits per heavy atom. The second kappa shape index (κ2) is 6.68. The molecule has 3 rings (SSSR count). The average Bonchev–Trinajstić information content (AvgIpc) is 2.98. The quantitative estimate of drug-likeness (QED) is 0.613. The molecule has 6 heteroatoms. The van der Waals surface area contributed by atoms with Crippen LogP contribution < -0.4 is 5.32 Å². The Hall–Kier alpha value is -1.24. The molecule has 0 aliphatic rings. The number of halogens is 2. The maximum absolute atomic E-state index is 4.61. The van der Waals surface area contributed by atoms with E-state index in [0.717, 1.165) is 31.0 Å². The largest absolute Gasteiger partial charge is 0.378 e. The lowest BCUT2D eigenvalue weighted by atomic mass is 10.3. The Morgan fingerprint density at radius 3 is 2.86 bits per heavy atom. The number of pyridine rings is 1. The summed E-state index contributed by atoms with van der Waals surface area (Å²) in [6, 6.07) is 11.9. The highest BCUT2D eigenvalue weighted by Crippen LogP contribution is 2.27. The maximum atomic E-state index is 4.61. The lowest BCUT2D eigenvalue weighted by molar-refractivity contribution is 1.07. The first-order chi connectivity index (χ1) is 10.2. The fourth-order valence-corrected chi connectivity index (χ4v) is 3.36. The summed E-state index contributed by atoms with van der Waals surface area (Å²) in [7, 11) is 0. The molecule has 0 unspecified atom stereocenters. The van der Waals surface area contributed by atoms with Gasteiger partial charge in [0.15, 0.2) is 0 Å². The van der Waals surface area contributed by atoms with Gasteiger partial charge in [-0.15, -0.1) is 11.3 Å². The Kier molecular flexibility index (Phi) is 4.67. The van der Waals surface area contributed by atoms with Crippen LogP contribution in [0.25, 0.3) is 10.7 Å². The zero-order valence-electron chi connectivity index (χ0n) is 10.9. The fraction of sp³-hybridized carbons (Fsp3) is 0.0667. The van der Waals surface area contributed by atoms with Gasteiger partial charge in [0.05, 0.1) is 17.9 Å². The molecule has 1 N–H and O–H groups in total. The van der Waals surface area contributed by atoms with Gasteiger partial charge in [0.25, 0.3) is 0 Å². The van der Waals surface area contributed by atoms with E-state index in [0.29, 0.717) is 6.54 Å². The average molecular weight is 425 g/mol. The van der Waals surface area contributed by atoms with Crippen LogP contribution in [0.15, 0.2) is 56.9 Å². The van der Waals surface area contributed by atoms with Gasteiger partial charge in [-0.25, -0.2) is 4.98 Å². The van der Waals surface area contributed by atoms with E-state index in [1.165, 1.54) is 0 Å². The predicted molar refractivity (Wildman–Crippen MR) is 94.5 cm³/mol. The van der Waals surface area contributed by atoms with Crippen LogP contribution >= 0.6 is 43.2 Å². The molecule has 21 heavy (non-hydrogen) atoms. The minimum Gasteiger partial charge on any atom is -0.378 e. The van der Waals surface area contributed by atoms with Crippen LogP contribution in [0.2, 0.25) is 0 Å². The van der Waals surface area contributed by atoms with Crippen molar-refractivity contribution in [1.82, 2.24) is 9.97 Å². The molecule has 106 valence electrons. The molecule has 0 radical (unpaired) electrons. The van der Waals surface area contributed by atoms with E-state index in [1.807, 2.05) is 36.4 Å². The summed E-state index contributed by atoms with van der Waals surface area (Å²) in [6.45, 7) is 0.679. The smallest absolute Gasteiger partial charge is 0.142 e. The topological polar surface area (TPSA) is 37.8 Å². The Labute approximate surface area is 143 Å². The van der Waals surface area contributed by atoms with Crippen LogP contribution in [0.3, 0.4) is 0 Å². The van der Waals surface area contributed by atoms with Gasteiger partial charge in [0, 0.05) is 26.2 Å². The van der Waals surface area contributed by atoms with E-state index < -0.39 is 0 Å². The first-order valence-corrected chi connectivity index (χ1v) is 8.73. The van der Waals surface area contributed by atoms with Crippen molar-refractivity contribution in [3.63, 3.8) is 0 Å². The molecule has 0 saturated heterocycles. The first-order valence-electron chi connectivity index (χ1n) is 6.27. The van der Waals surface area contributed by atoms with Crippen LogP contribution in [0.1, 0.15) is 5.69 Å². The number of thiazole rings is 1. The van der Waals surface area contributed by atoms with E-state index >= 15 is 0 Å². The van der Waals surface area contributed by atoms with Gasteiger partial charge in [-0.1, -0.05) is 22.0 Å². The number of benzene rings is 1. The first kappa shape index (κ1) is 14.7. The summed E-state index contributed by atoms with van der Waals surface area (Å²) in [5.41, 5.74) is 2.96. The Balaban J connectivity index is 1.72. The molecule has 0 aliphatic heterocycles. The van der Waals surface area contributed by atoms with Crippen molar-refractivity contribution in [1.29, 1.82) is 0 Å². The van der Waals surface area contributed by atoms with Crippen molar-refractivity contribution >= 4 is 48.9 Å². The standard InChI is InChI=1S/C15H11Br2N3S/c16-10-4-5-12(17)14(7-10)19-8-11-9-21-15(20-11)13-3-1-2-6-18-13/h1-7,9,19H,8H2. The monoisotopic (exact) mass is 423 g/mol. The molecule has 2 heterocycles. The minimum atomic E-state index is 0.679. The predicted octanol–water partition coefficient (Wildman–Crippen LogP) is 5.34. The van der Waals surface area contributed by atoms with Crippen LogP contribution in [-0.2, 0) is 6.54 Å². The summed E-state index contributed by atoms with van der Waals surface area (Å²) < 4.78 is 2.08. The molecule has 0 bridgehead atoms. The number of nitrogens with zero attached hydrogens (tertiary/aromatic N) is 2. The van der Waals surface area contributed by atoms with Crippen molar-refractivity contribution in [3.8, 4) is 10.7 Å². The third kappa shape index (κ3) is 3.70. The van der Waals surface area contributed by atoms with Crippen molar-refractivity contribution < 1.29 is 0 Å².